The van der Waals surface area contributed by atoms with Gasteiger partial charge in [-0.2, -0.15) is 0 Å². The van der Waals surface area contributed by atoms with E-state index in [-0.39, 0.29) is 24.1 Å². The maximum Gasteiger partial charge on any atom is 0.221 e. The van der Waals surface area contributed by atoms with Gasteiger partial charge >= 0.3 is 0 Å². The van der Waals surface area contributed by atoms with Crippen molar-refractivity contribution in [2.24, 2.45) is 0 Å². The fraction of sp³-hybridized carbons (Fsp3) is 0.361. The van der Waals surface area contributed by atoms with E-state index < -0.39 is 15.8 Å². The van der Waals surface area contributed by atoms with E-state index in [9.17, 15) is 13.2 Å². The summed E-state index contributed by atoms with van der Waals surface area (Å²) in [7, 11) is -3.63. The van der Waals surface area contributed by atoms with Crippen LogP contribution in [0.1, 0.15) is 72.7 Å². The van der Waals surface area contributed by atoms with E-state index in [1.54, 1.807) is 12.1 Å². The lowest BCUT2D eigenvalue weighted by Gasteiger charge is -2.29. The van der Waals surface area contributed by atoms with Gasteiger partial charge in [0.15, 0.2) is 9.84 Å². The van der Waals surface area contributed by atoms with E-state index in [0.717, 1.165) is 42.1 Å². The van der Waals surface area contributed by atoms with Crippen LogP contribution in [0, 0.1) is 0 Å². The van der Waals surface area contributed by atoms with Gasteiger partial charge in [-0.05, 0) is 90.4 Å². The van der Waals surface area contributed by atoms with Crippen molar-refractivity contribution >= 4 is 26.5 Å². The van der Waals surface area contributed by atoms with Crippen molar-refractivity contribution in [2.75, 3.05) is 18.8 Å². The first-order chi connectivity index (χ1) is 20.4. The number of rotatable bonds is 9. The number of amides is 1. The Kier molecular flexibility index (Phi) is 8.73. The molecule has 2 aliphatic rings. The Morgan fingerprint density at radius 3 is 2.40 bits per heavy atom. The second-order valence-corrected chi connectivity index (χ2v) is 14.0. The van der Waals surface area contributed by atoms with Crippen LogP contribution in [0.4, 0.5) is 0 Å². The Labute approximate surface area is 249 Å². The molecule has 0 bridgehead atoms. The van der Waals surface area contributed by atoms with Crippen LogP contribution in [0.5, 0.6) is 0 Å². The summed E-state index contributed by atoms with van der Waals surface area (Å²) in [5.41, 5.74) is 4.76. The quantitative estimate of drug-likeness (QED) is 0.232. The van der Waals surface area contributed by atoms with Crippen LogP contribution in [0.25, 0.3) is 10.8 Å². The number of nitrogens with one attached hydrogen (secondary N) is 1. The van der Waals surface area contributed by atoms with Crippen molar-refractivity contribution in [2.45, 2.75) is 68.3 Å². The molecule has 1 fully saturated rings. The number of likely N-dealkylation sites (tertiary alicyclic amines) is 1. The maximum absolute atomic E-state index is 13.6. The molecule has 0 aromatic heterocycles. The first-order valence-corrected chi connectivity index (χ1v) is 17.0. The average molecular weight is 581 g/mol. The first-order valence-electron chi connectivity index (χ1n) is 15.3. The zero-order chi connectivity index (χ0) is 28.9. The SMILES string of the molecule is O=C(C[C@@H](CS(=O)(=O)c1ccc2ccccc2c1)c1ccccc1)N[C@H]1CCCc2cc(CN3CCCCC3)ccc21. The van der Waals surface area contributed by atoms with Crippen molar-refractivity contribution in [3.63, 3.8) is 0 Å². The first kappa shape index (κ1) is 28.6. The predicted molar refractivity (Wildman–Crippen MR) is 169 cm³/mol. The Hall–Kier alpha value is -3.48. The van der Waals surface area contributed by atoms with Gasteiger partial charge < -0.3 is 5.32 Å². The van der Waals surface area contributed by atoms with Crippen molar-refractivity contribution in [1.29, 1.82) is 0 Å². The number of carbonyl (C=O) groups excluding carboxylic acids is 1. The van der Waals surface area contributed by atoms with Crippen LogP contribution in [0.15, 0.2) is 95.9 Å². The fourth-order valence-electron chi connectivity index (χ4n) is 6.69. The van der Waals surface area contributed by atoms with Crippen LogP contribution >= 0.6 is 0 Å². The summed E-state index contributed by atoms with van der Waals surface area (Å²) in [5.74, 6) is -0.672. The van der Waals surface area contributed by atoms with Gasteiger partial charge in [0.2, 0.25) is 5.91 Å². The topological polar surface area (TPSA) is 66.5 Å². The molecule has 0 saturated carbocycles. The molecule has 42 heavy (non-hydrogen) atoms. The number of carbonyl (C=O) groups is 1. The molecular formula is C36H40N2O3S. The zero-order valence-electron chi connectivity index (χ0n) is 24.2. The van der Waals surface area contributed by atoms with Gasteiger partial charge in [-0.15, -0.1) is 0 Å². The van der Waals surface area contributed by atoms with Crippen LogP contribution in [-0.2, 0) is 27.6 Å². The Bertz CT molecular complexity index is 1650. The summed E-state index contributed by atoms with van der Waals surface area (Å²) >= 11 is 0. The molecular weight excluding hydrogens is 540 g/mol. The van der Waals surface area contributed by atoms with E-state index >= 15 is 0 Å². The summed E-state index contributed by atoms with van der Waals surface area (Å²) in [6.45, 7) is 3.35. The molecule has 1 amide bonds. The third-order valence-corrected chi connectivity index (χ3v) is 10.7. The molecule has 6 heteroatoms. The van der Waals surface area contributed by atoms with E-state index in [0.29, 0.717) is 4.90 Å². The van der Waals surface area contributed by atoms with Gasteiger partial charge in [0, 0.05) is 18.9 Å². The monoisotopic (exact) mass is 580 g/mol. The number of nitrogens with zero attached hydrogens (tertiary/aromatic N) is 1. The molecule has 0 radical (unpaired) electrons. The van der Waals surface area contributed by atoms with E-state index in [1.165, 1.54) is 49.0 Å². The molecule has 1 saturated heterocycles. The third-order valence-electron chi connectivity index (χ3n) is 8.92. The Balaban J connectivity index is 1.17. The molecule has 4 aromatic carbocycles. The van der Waals surface area contributed by atoms with Gasteiger partial charge in [0.05, 0.1) is 16.7 Å². The molecule has 1 heterocycles. The van der Waals surface area contributed by atoms with Crippen molar-refractivity contribution in [1.82, 2.24) is 10.2 Å². The summed E-state index contributed by atoms with van der Waals surface area (Å²) in [4.78, 5) is 16.4. The van der Waals surface area contributed by atoms with Crippen LogP contribution in [-0.4, -0.2) is 38.1 Å². The third kappa shape index (κ3) is 6.77. The van der Waals surface area contributed by atoms with E-state index in [2.05, 4.69) is 28.4 Å². The minimum atomic E-state index is -3.63. The summed E-state index contributed by atoms with van der Waals surface area (Å²) in [6, 6.07) is 29.3. The lowest BCUT2D eigenvalue weighted by molar-refractivity contribution is -0.122. The highest BCUT2D eigenvalue weighted by molar-refractivity contribution is 7.91. The van der Waals surface area contributed by atoms with Gasteiger partial charge in [0.25, 0.3) is 0 Å². The van der Waals surface area contributed by atoms with Gasteiger partial charge in [-0.25, -0.2) is 8.42 Å². The Morgan fingerprint density at radius 1 is 0.833 bits per heavy atom. The van der Waals surface area contributed by atoms with Gasteiger partial charge in [-0.3, -0.25) is 9.69 Å². The number of benzene rings is 4. The molecule has 1 aliphatic carbocycles. The van der Waals surface area contributed by atoms with E-state index in [4.69, 9.17) is 0 Å². The number of piperidine rings is 1. The number of hydrogen-bond acceptors (Lipinski definition) is 4. The molecule has 0 spiro atoms. The highest BCUT2D eigenvalue weighted by Gasteiger charge is 2.28. The minimum absolute atomic E-state index is 0.0428. The summed E-state index contributed by atoms with van der Waals surface area (Å²) in [5, 5.41) is 5.17. The van der Waals surface area contributed by atoms with E-state index in [1.807, 2.05) is 60.7 Å². The number of hydrogen-bond donors (Lipinski definition) is 1. The zero-order valence-corrected chi connectivity index (χ0v) is 25.0. The fourth-order valence-corrected chi connectivity index (χ4v) is 8.30. The van der Waals surface area contributed by atoms with Gasteiger partial charge in [-0.1, -0.05) is 85.3 Å². The van der Waals surface area contributed by atoms with Crippen LogP contribution < -0.4 is 5.32 Å². The Morgan fingerprint density at radius 2 is 1.60 bits per heavy atom. The van der Waals surface area contributed by atoms with Crippen LogP contribution in [0.3, 0.4) is 0 Å². The average Bonchev–Trinajstić information content (AvgIpc) is 3.01. The highest BCUT2D eigenvalue weighted by Crippen LogP contribution is 2.32. The summed E-state index contributed by atoms with van der Waals surface area (Å²) < 4.78 is 27.3. The normalized spacial score (nSPS) is 18.3. The molecule has 1 aliphatic heterocycles. The molecule has 5 nitrogen and oxygen atoms in total. The van der Waals surface area contributed by atoms with Crippen molar-refractivity contribution < 1.29 is 13.2 Å². The molecule has 1 N–H and O–H groups in total. The lowest BCUT2D eigenvalue weighted by atomic mass is 9.86. The second-order valence-electron chi connectivity index (χ2n) is 12.0. The van der Waals surface area contributed by atoms with Crippen LogP contribution in [0.2, 0.25) is 0 Å². The lowest BCUT2D eigenvalue weighted by Crippen LogP contribution is -2.33. The molecule has 218 valence electrons. The number of aryl methyl sites for hydroxylation is 1. The molecule has 4 aromatic rings. The summed E-state index contributed by atoms with van der Waals surface area (Å²) in [6.07, 6.45) is 6.99. The standard InChI is InChI=1S/C36H40N2O3S/c39-36(37-35-15-9-14-31-22-27(16-19-34(31)35)25-38-20-7-2-8-21-38)24-32(28-10-3-1-4-11-28)26-42(40,41)33-18-17-29-12-5-6-13-30(29)23-33/h1,3-6,10-13,16-19,22-23,32,35H,2,7-9,14-15,20-21,24-26H2,(H,37,39)/t32-,35-/m0/s1. The maximum atomic E-state index is 13.6. The second kappa shape index (κ2) is 12.8. The largest absolute Gasteiger partial charge is 0.349 e. The smallest absolute Gasteiger partial charge is 0.221 e. The minimum Gasteiger partial charge on any atom is -0.349 e. The molecule has 6 rings (SSSR count). The number of fused-ring (bicyclic) bond motifs is 2. The predicted octanol–water partition coefficient (Wildman–Crippen LogP) is 6.97. The van der Waals surface area contributed by atoms with Gasteiger partial charge in [0.1, 0.15) is 0 Å². The van der Waals surface area contributed by atoms with Crippen molar-refractivity contribution in [3.8, 4) is 0 Å². The highest BCUT2D eigenvalue weighted by atomic mass is 32.2. The van der Waals surface area contributed by atoms with Crippen molar-refractivity contribution in [3.05, 3.63) is 113 Å². The molecule has 0 unspecified atom stereocenters. The molecule has 2 atom stereocenters. The number of sulfone groups is 1.